The number of alkyl halides is 2. The maximum atomic E-state index is 13.3. The summed E-state index contributed by atoms with van der Waals surface area (Å²) in [5.41, 5.74) is 0.592. The van der Waals surface area contributed by atoms with Crippen molar-refractivity contribution >= 4 is 38.9 Å². The van der Waals surface area contributed by atoms with Crippen LogP contribution in [-0.4, -0.2) is 12.5 Å². The normalized spacial score (nSPS) is 11.1. The fourth-order valence-corrected chi connectivity index (χ4v) is 3.74. The smallest absolute Gasteiger partial charge is 0.387 e. The highest BCUT2D eigenvalue weighted by molar-refractivity contribution is 7.21. The highest BCUT2D eigenvalue weighted by Crippen LogP contribution is 2.35. The highest BCUT2D eigenvalue weighted by Gasteiger charge is 2.17. The van der Waals surface area contributed by atoms with E-state index in [-0.39, 0.29) is 22.2 Å². The highest BCUT2D eigenvalue weighted by atomic mass is 35.5. The van der Waals surface area contributed by atoms with Gasteiger partial charge in [0.1, 0.15) is 16.4 Å². The molecule has 0 fully saturated rings. The summed E-state index contributed by atoms with van der Waals surface area (Å²) < 4.78 is 42.6. The number of carbonyl (C=O) groups is 1. The molecule has 3 rings (SSSR count). The average Bonchev–Trinajstić information content (AvgIpc) is 2.88. The standard InChI is InChI=1S/C17H11ClF3NO2S/c18-14-12-5-4-10(19)7-13(12)25-15(14)16(23)22-8-9-2-1-3-11(6-9)24-17(20)21/h1-7,17H,8H2,(H,22,23). The Morgan fingerprint density at radius 3 is 2.80 bits per heavy atom. The molecular weight excluding hydrogens is 375 g/mol. The Labute approximate surface area is 150 Å². The summed E-state index contributed by atoms with van der Waals surface area (Å²) >= 11 is 7.28. The predicted octanol–water partition coefficient (Wildman–Crippen LogP) is 5.23. The fraction of sp³-hybridized carbons (Fsp3) is 0.118. The maximum Gasteiger partial charge on any atom is 0.387 e. The summed E-state index contributed by atoms with van der Waals surface area (Å²) in [5.74, 6) is -0.822. The summed E-state index contributed by atoms with van der Waals surface area (Å²) in [6, 6.07) is 10.1. The third-order valence-electron chi connectivity index (χ3n) is 3.37. The number of ether oxygens (including phenoxy) is 1. The van der Waals surface area contributed by atoms with Crippen molar-refractivity contribution in [3.05, 3.63) is 63.7 Å². The summed E-state index contributed by atoms with van der Waals surface area (Å²) in [4.78, 5) is 12.6. The van der Waals surface area contributed by atoms with Gasteiger partial charge in [0.15, 0.2) is 0 Å². The number of benzene rings is 2. The molecule has 0 atom stereocenters. The minimum absolute atomic E-state index is 0.0112. The van der Waals surface area contributed by atoms with Crippen molar-refractivity contribution in [3.63, 3.8) is 0 Å². The Hall–Kier alpha value is -2.25. The van der Waals surface area contributed by atoms with E-state index in [1.165, 1.54) is 30.3 Å². The van der Waals surface area contributed by atoms with Gasteiger partial charge in [-0.15, -0.1) is 11.3 Å². The minimum Gasteiger partial charge on any atom is -0.435 e. The van der Waals surface area contributed by atoms with Crippen molar-refractivity contribution in [2.24, 2.45) is 0 Å². The van der Waals surface area contributed by atoms with Crippen LogP contribution in [0.5, 0.6) is 5.75 Å². The zero-order valence-electron chi connectivity index (χ0n) is 12.6. The number of thiophene rings is 1. The molecule has 0 spiro atoms. The monoisotopic (exact) mass is 385 g/mol. The van der Waals surface area contributed by atoms with Crippen molar-refractivity contribution in [2.45, 2.75) is 13.2 Å². The van der Waals surface area contributed by atoms with Crippen molar-refractivity contribution in [1.29, 1.82) is 0 Å². The maximum absolute atomic E-state index is 13.3. The van der Waals surface area contributed by atoms with E-state index in [1.807, 2.05) is 0 Å². The van der Waals surface area contributed by atoms with E-state index in [0.29, 0.717) is 15.6 Å². The van der Waals surface area contributed by atoms with Gasteiger partial charge in [0.25, 0.3) is 5.91 Å². The number of amides is 1. The van der Waals surface area contributed by atoms with Crippen LogP contribution in [0, 0.1) is 5.82 Å². The molecule has 0 aliphatic heterocycles. The Morgan fingerprint density at radius 1 is 1.24 bits per heavy atom. The molecule has 0 saturated heterocycles. The van der Waals surface area contributed by atoms with Crippen LogP contribution < -0.4 is 10.1 Å². The van der Waals surface area contributed by atoms with E-state index >= 15 is 0 Å². The first-order valence-corrected chi connectivity index (χ1v) is 8.33. The molecule has 0 aliphatic carbocycles. The van der Waals surface area contributed by atoms with Crippen LogP contribution in [0.3, 0.4) is 0 Å². The van der Waals surface area contributed by atoms with Gasteiger partial charge in [-0.25, -0.2) is 4.39 Å². The first-order chi connectivity index (χ1) is 11.9. The number of nitrogens with one attached hydrogen (secondary N) is 1. The molecule has 0 saturated carbocycles. The van der Waals surface area contributed by atoms with Gasteiger partial charge in [0.2, 0.25) is 0 Å². The number of hydrogen-bond acceptors (Lipinski definition) is 3. The number of rotatable bonds is 5. The predicted molar refractivity (Wildman–Crippen MR) is 91.0 cm³/mol. The van der Waals surface area contributed by atoms with Crippen LogP contribution in [0.25, 0.3) is 10.1 Å². The number of halogens is 4. The van der Waals surface area contributed by atoms with Crippen LogP contribution in [0.15, 0.2) is 42.5 Å². The summed E-state index contributed by atoms with van der Waals surface area (Å²) in [5, 5.41) is 3.52. The summed E-state index contributed by atoms with van der Waals surface area (Å²) in [7, 11) is 0. The second-order valence-corrected chi connectivity index (χ2v) is 6.52. The molecule has 3 aromatic rings. The van der Waals surface area contributed by atoms with E-state index in [9.17, 15) is 18.0 Å². The molecule has 0 aliphatic rings. The van der Waals surface area contributed by atoms with Crippen molar-refractivity contribution in [3.8, 4) is 5.75 Å². The van der Waals surface area contributed by atoms with Gasteiger partial charge >= 0.3 is 6.61 Å². The molecule has 0 unspecified atom stereocenters. The van der Waals surface area contributed by atoms with Gasteiger partial charge in [-0.1, -0.05) is 23.7 Å². The third kappa shape index (κ3) is 4.05. The van der Waals surface area contributed by atoms with Gasteiger partial charge in [-0.2, -0.15) is 8.78 Å². The molecular formula is C17H11ClF3NO2S. The topological polar surface area (TPSA) is 38.3 Å². The zero-order chi connectivity index (χ0) is 18.0. The van der Waals surface area contributed by atoms with Crippen molar-refractivity contribution < 1.29 is 22.7 Å². The lowest BCUT2D eigenvalue weighted by Crippen LogP contribution is -2.22. The quantitative estimate of drug-likeness (QED) is 0.653. The van der Waals surface area contributed by atoms with Crippen LogP contribution in [0.2, 0.25) is 5.02 Å². The molecule has 130 valence electrons. The lowest BCUT2D eigenvalue weighted by molar-refractivity contribution is -0.0498. The first kappa shape index (κ1) is 17.6. The van der Waals surface area contributed by atoms with Crippen LogP contribution >= 0.6 is 22.9 Å². The zero-order valence-corrected chi connectivity index (χ0v) is 14.1. The Kier molecular flexibility index (Phi) is 5.15. The Balaban J connectivity index is 1.74. The van der Waals surface area contributed by atoms with E-state index in [1.54, 1.807) is 12.1 Å². The fourth-order valence-electron chi connectivity index (χ4n) is 2.28. The minimum atomic E-state index is -2.91. The number of hydrogen-bond donors (Lipinski definition) is 1. The van der Waals surface area contributed by atoms with E-state index in [2.05, 4.69) is 10.1 Å². The molecule has 1 N–H and O–H groups in total. The first-order valence-electron chi connectivity index (χ1n) is 7.13. The third-order valence-corrected chi connectivity index (χ3v) is 5.03. The van der Waals surface area contributed by atoms with E-state index < -0.39 is 18.3 Å². The van der Waals surface area contributed by atoms with Gasteiger partial charge in [-0.3, -0.25) is 4.79 Å². The van der Waals surface area contributed by atoms with E-state index in [0.717, 1.165) is 11.3 Å². The lowest BCUT2D eigenvalue weighted by Gasteiger charge is -2.08. The van der Waals surface area contributed by atoms with Gasteiger partial charge in [0, 0.05) is 16.6 Å². The largest absolute Gasteiger partial charge is 0.435 e. The SMILES string of the molecule is O=C(NCc1cccc(OC(F)F)c1)c1sc2cc(F)ccc2c1Cl. The van der Waals surface area contributed by atoms with Gasteiger partial charge in [0.05, 0.1) is 5.02 Å². The second-order valence-electron chi connectivity index (χ2n) is 5.09. The van der Waals surface area contributed by atoms with Crippen LogP contribution in [-0.2, 0) is 6.54 Å². The summed E-state index contributed by atoms with van der Waals surface area (Å²) in [6.45, 7) is -2.80. The Morgan fingerprint density at radius 2 is 2.04 bits per heavy atom. The molecule has 0 radical (unpaired) electrons. The van der Waals surface area contributed by atoms with Crippen molar-refractivity contribution in [1.82, 2.24) is 5.32 Å². The molecule has 0 bridgehead atoms. The molecule has 1 amide bonds. The van der Waals surface area contributed by atoms with Crippen molar-refractivity contribution in [2.75, 3.05) is 0 Å². The molecule has 2 aromatic carbocycles. The molecule has 1 heterocycles. The number of fused-ring (bicyclic) bond motifs is 1. The molecule has 25 heavy (non-hydrogen) atoms. The Bertz CT molecular complexity index is 929. The number of carbonyl (C=O) groups excluding carboxylic acids is 1. The average molecular weight is 386 g/mol. The van der Waals surface area contributed by atoms with Gasteiger partial charge < -0.3 is 10.1 Å². The molecule has 8 heteroatoms. The van der Waals surface area contributed by atoms with Gasteiger partial charge in [-0.05, 0) is 35.9 Å². The van der Waals surface area contributed by atoms with E-state index in [4.69, 9.17) is 11.6 Å². The molecule has 1 aromatic heterocycles. The lowest BCUT2D eigenvalue weighted by atomic mass is 10.2. The van der Waals surface area contributed by atoms with Crippen LogP contribution in [0.1, 0.15) is 15.2 Å². The van der Waals surface area contributed by atoms with Crippen LogP contribution in [0.4, 0.5) is 13.2 Å². The summed E-state index contributed by atoms with van der Waals surface area (Å²) in [6.07, 6.45) is 0. The second kappa shape index (κ2) is 7.33. The molecule has 3 nitrogen and oxygen atoms in total.